The maximum Gasteiger partial charge on any atom is 0.165 e. The van der Waals surface area contributed by atoms with Crippen LogP contribution in [-0.2, 0) is 5.41 Å². The van der Waals surface area contributed by atoms with Crippen molar-refractivity contribution >= 4 is 64.9 Å². The quantitative estimate of drug-likeness (QED) is 0.0704. The molecule has 1 aliphatic carbocycles. The van der Waals surface area contributed by atoms with E-state index in [-0.39, 0.29) is 5.41 Å². The topological polar surface area (TPSA) is 4.93 Å². The SMILES string of the molecule is Cc1c(F)c(F)c(C)c(F)c1F.Cc1c2ccccc2c(C)c2ccccc12.Cc1cc(C)cc(-c2ccccc2)c1.Cc1ccc2c(c1)C(C)(C)c1cc(C)ccc1-2.Cc1ccc2c(c1)c1cc(C)ccc1n2-c1ccccc1.Cc1ccc2c(ccc3cc(C)ccc32)c1. The molecule has 1 nitrogen and oxygen atoms in total. The number of para-hydroxylation sites is 1. The van der Waals surface area contributed by atoms with Crippen molar-refractivity contribution in [2.75, 3.05) is 0 Å². The fourth-order valence-electron chi connectivity index (χ4n) is 13.6. The summed E-state index contributed by atoms with van der Waals surface area (Å²) in [5.74, 6) is -5.31. The highest BCUT2D eigenvalue weighted by atomic mass is 19.2. The third-order valence-corrected chi connectivity index (χ3v) is 18.7. The summed E-state index contributed by atoms with van der Waals surface area (Å²) in [5.41, 5.74) is 24.4. The molecule has 1 aromatic heterocycles. The van der Waals surface area contributed by atoms with E-state index in [1.54, 1.807) is 0 Å². The van der Waals surface area contributed by atoms with Gasteiger partial charge in [-0.05, 0) is 207 Å². The Bertz CT molecular complexity index is 4970. The molecule has 0 fully saturated rings. The molecule has 16 rings (SSSR count). The van der Waals surface area contributed by atoms with Gasteiger partial charge in [-0.2, -0.15) is 0 Å². The summed E-state index contributed by atoms with van der Waals surface area (Å²) in [6, 6.07) is 89.8. The second-order valence-electron chi connectivity index (χ2n) is 26.5. The predicted molar refractivity (Wildman–Crippen MR) is 403 cm³/mol. The average Bonchev–Trinajstić information content (AvgIpc) is 1.57. The van der Waals surface area contributed by atoms with E-state index in [9.17, 15) is 17.6 Å². The molecule has 96 heavy (non-hydrogen) atoms. The first-order valence-electron chi connectivity index (χ1n) is 33.0. The van der Waals surface area contributed by atoms with Gasteiger partial charge >= 0.3 is 0 Å². The van der Waals surface area contributed by atoms with E-state index in [2.05, 4.69) is 330 Å². The van der Waals surface area contributed by atoms with E-state index in [4.69, 9.17) is 0 Å². The maximum absolute atomic E-state index is 12.7. The Labute approximate surface area is 564 Å². The summed E-state index contributed by atoms with van der Waals surface area (Å²) >= 11 is 0. The molecule has 1 aliphatic rings. The van der Waals surface area contributed by atoms with Gasteiger partial charge in [-0.1, -0.05) is 271 Å². The fraction of sp³-hybridized carbons (Fsp3) is 0.165. The summed E-state index contributed by atoms with van der Waals surface area (Å²) in [4.78, 5) is 0. The first-order chi connectivity index (χ1) is 46.0. The second-order valence-corrected chi connectivity index (χ2v) is 26.5. The summed E-state index contributed by atoms with van der Waals surface area (Å²) in [6.07, 6.45) is 0. The van der Waals surface area contributed by atoms with Gasteiger partial charge in [-0.25, -0.2) is 17.6 Å². The van der Waals surface area contributed by atoms with Crippen LogP contribution in [0.1, 0.15) is 91.7 Å². The van der Waals surface area contributed by atoms with Gasteiger partial charge in [0.1, 0.15) is 0 Å². The van der Waals surface area contributed by atoms with Crippen molar-refractivity contribution in [2.24, 2.45) is 0 Å². The molecule has 480 valence electrons. The highest BCUT2D eigenvalue weighted by Crippen LogP contribution is 2.49. The number of benzene rings is 14. The molecule has 0 amide bonds. The van der Waals surface area contributed by atoms with Crippen LogP contribution in [0.2, 0.25) is 0 Å². The zero-order chi connectivity index (χ0) is 68.3. The minimum atomic E-state index is -1.33. The highest BCUT2D eigenvalue weighted by Gasteiger charge is 2.35. The molecule has 0 atom stereocenters. The normalized spacial score (nSPS) is 11.7. The number of fused-ring (bicyclic) bond motifs is 11. The van der Waals surface area contributed by atoms with E-state index in [1.165, 1.54) is 160 Å². The zero-order valence-electron chi connectivity index (χ0n) is 57.6. The first kappa shape index (κ1) is 67.1. The van der Waals surface area contributed by atoms with Crippen molar-refractivity contribution in [3.8, 4) is 27.9 Å². The van der Waals surface area contributed by atoms with Crippen LogP contribution in [-0.4, -0.2) is 4.57 Å². The summed E-state index contributed by atoms with van der Waals surface area (Å²) in [6.45, 7) is 28.3. The molecule has 0 saturated carbocycles. The highest BCUT2D eigenvalue weighted by molar-refractivity contribution is 6.10. The number of nitrogens with zero attached hydrogens (tertiary/aromatic N) is 1. The molecule has 5 heteroatoms. The van der Waals surface area contributed by atoms with Crippen LogP contribution >= 0.6 is 0 Å². The number of aromatic nitrogens is 1. The predicted octanol–water partition coefficient (Wildman–Crippen LogP) is 26.1. The number of hydrogen-bond donors (Lipinski definition) is 0. The largest absolute Gasteiger partial charge is 0.309 e. The molecule has 14 aromatic carbocycles. The lowest BCUT2D eigenvalue weighted by molar-refractivity contribution is 0.436. The average molecular weight is 1270 g/mol. The Morgan fingerprint density at radius 3 is 0.979 bits per heavy atom. The van der Waals surface area contributed by atoms with Crippen LogP contribution in [0.4, 0.5) is 17.6 Å². The molecular formula is C91H83F4N. The van der Waals surface area contributed by atoms with E-state index in [0.29, 0.717) is 0 Å². The minimum Gasteiger partial charge on any atom is -0.309 e. The van der Waals surface area contributed by atoms with Crippen LogP contribution in [0.25, 0.3) is 92.8 Å². The van der Waals surface area contributed by atoms with Gasteiger partial charge < -0.3 is 4.57 Å². The molecule has 0 aliphatic heterocycles. The standard InChI is InChI=1S/C20H17N.C17H18.2C16H14.C14H14.C8H6F4/c1-14-8-10-19-17(12-14)18-13-15(2)9-11-20(18)21(19)16-6-4-3-5-7-16;1-11-5-7-13-14-8-6-12(2)10-16(14)17(3,4)15(13)9-11;1-11-3-7-15-13(9-11)5-6-14-10-12(2)4-8-16(14)15;1-11-13-7-3-5-9-15(13)12(2)16-10-6-4-8-14(11)16;1-11-8-12(2)10-14(9-11)13-6-4-3-5-7-13;1-3-5(9)7(11)4(2)8(12)6(3)10/h3-13H,1-2H3;5-10H,1-4H3;2*3-10H,1-2H3;3-10H,1-2H3;1-2H3. The van der Waals surface area contributed by atoms with Gasteiger partial charge in [-0.15, -0.1) is 0 Å². The summed E-state index contributed by atoms with van der Waals surface area (Å²) in [7, 11) is 0. The van der Waals surface area contributed by atoms with Crippen molar-refractivity contribution in [1.29, 1.82) is 0 Å². The van der Waals surface area contributed by atoms with Gasteiger partial charge in [-0.3, -0.25) is 0 Å². The smallest absolute Gasteiger partial charge is 0.165 e. The maximum atomic E-state index is 12.7. The molecule has 0 bridgehead atoms. The Morgan fingerprint density at radius 2 is 0.583 bits per heavy atom. The van der Waals surface area contributed by atoms with E-state index in [0.717, 1.165) is 13.8 Å². The monoisotopic (exact) mass is 1270 g/mol. The Kier molecular flexibility index (Phi) is 19.8. The Balaban J connectivity index is 0.000000118. The van der Waals surface area contributed by atoms with Crippen molar-refractivity contribution in [3.05, 3.63) is 350 Å². The molecule has 0 saturated heterocycles. The van der Waals surface area contributed by atoms with Gasteiger partial charge in [0.15, 0.2) is 23.3 Å². The van der Waals surface area contributed by atoms with Crippen molar-refractivity contribution in [3.63, 3.8) is 0 Å². The minimum absolute atomic E-state index is 0.142. The van der Waals surface area contributed by atoms with Crippen molar-refractivity contribution in [2.45, 2.75) is 102 Å². The van der Waals surface area contributed by atoms with Crippen LogP contribution < -0.4 is 0 Å². The van der Waals surface area contributed by atoms with Crippen LogP contribution in [0, 0.1) is 106 Å². The van der Waals surface area contributed by atoms with Gasteiger partial charge in [0, 0.05) is 33.0 Å². The molecule has 0 spiro atoms. The van der Waals surface area contributed by atoms with E-state index < -0.39 is 34.4 Å². The lowest BCUT2D eigenvalue weighted by atomic mass is 9.81. The van der Waals surface area contributed by atoms with Crippen molar-refractivity contribution < 1.29 is 17.6 Å². The first-order valence-corrected chi connectivity index (χ1v) is 33.0. The Morgan fingerprint density at radius 1 is 0.250 bits per heavy atom. The fourth-order valence-corrected chi connectivity index (χ4v) is 13.6. The summed E-state index contributed by atoms with van der Waals surface area (Å²) in [5, 5.41) is 13.5. The van der Waals surface area contributed by atoms with Gasteiger partial charge in [0.2, 0.25) is 0 Å². The second kappa shape index (κ2) is 28.3. The molecule has 15 aromatic rings. The number of hydrogen-bond acceptors (Lipinski definition) is 0. The van der Waals surface area contributed by atoms with Crippen molar-refractivity contribution in [1.82, 2.24) is 4.57 Å². The van der Waals surface area contributed by atoms with Gasteiger partial charge in [0.05, 0.1) is 11.0 Å². The van der Waals surface area contributed by atoms with E-state index in [1.807, 2.05) is 6.07 Å². The third kappa shape index (κ3) is 13.9. The molecular weight excluding hydrogens is 1180 g/mol. The van der Waals surface area contributed by atoms with Crippen LogP contribution in [0.3, 0.4) is 0 Å². The number of rotatable bonds is 2. The molecule has 0 unspecified atom stereocenters. The summed E-state index contributed by atoms with van der Waals surface area (Å²) < 4.78 is 53.0. The number of halogens is 4. The molecule has 0 N–H and O–H groups in total. The van der Waals surface area contributed by atoms with Gasteiger partial charge in [0.25, 0.3) is 0 Å². The Hall–Kier alpha value is -10.4. The lowest BCUT2D eigenvalue weighted by Crippen LogP contribution is -2.15. The third-order valence-electron chi connectivity index (χ3n) is 18.7. The molecule has 0 radical (unpaired) electrons. The van der Waals surface area contributed by atoms with Crippen LogP contribution in [0.5, 0.6) is 0 Å². The van der Waals surface area contributed by atoms with E-state index >= 15 is 0 Å². The van der Waals surface area contributed by atoms with Crippen LogP contribution in [0.15, 0.2) is 249 Å². The lowest BCUT2D eigenvalue weighted by Gasteiger charge is -2.22. The zero-order valence-corrected chi connectivity index (χ0v) is 57.6. The molecule has 1 heterocycles. The number of aryl methyl sites for hydroxylation is 10.